The lowest BCUT2D eigenvalue weighted by molar-refractivity contribution is -0.238. The van der Waals surface area contributed by atoms with Crippen LogP contribution in [0.25, 0.3) is 0 Å². The third-order valence-electron chi connectivity index (χ3n) is 6.71. The number of halogens is 6. The van der Waals surface area contributed by atoms with Crippen molar-refractivity contribution in [1.82, 2.24) is 10.0 Å². The number of piperidine rings is 2. The maximum absolute atomic E-state index is 15.5. The Kier molecular flexibility index (Phi) is 6.81. The zero-order valence-electron chi connectivity index (χ0n) is 17.9. The van der Waals surface area contributed by atoms with Crippen LogP contribution in [0.3, 0.4) is 0 Å². The van der Waals surface area contributed by atoms with E-state index in [1.165, 1.54) is 16.1 Å². The number of alkyl halides is 5. The first-order chi connectivity index (χ1) is 15.5. The highest BCUT2D eigenvalue weighted by atomic mass is 35.5. The zero-order chi connectivity index (χ0) is 24.0. The second-order valence-electron chi connectivity index (χ2n) is 9.20. The smallest absolute Gasteiger partial charge is 0.405 e. The molecule has 0 aromatic heterocycles. The van der Waals surface area contributed by atoms with Gasteiger partial charge in [-0.05, 0) is 56.1 Å². The second kappa shape index (κ2) is 9.19. The van der Waals surface area contributed by atoms with Crippen LogP contribution in [-0.4, -0.2) is 70.6 Å². The van der Waals surface area contributed by atoms with Crippen molar-refractivity contribution in [2.75, 3.05) is 26.2 Å². The van der Waals surface area contributed by atoms with E-state index < -0.39 is 40.6 Å². The minimum Gasteiger partial charge on any atom is -0.490 e. The van der Waals surface area contributed by atoms with Crippen molar-refractivity contribution in [1.29, 1.82) is 0 Å². The molecule has 2 atom stereocenters. The summed E-state index contributed by atoms with van der Waals surface area (Å²) < 4.78 is 75.7. The Labute approximate surface area is 193 Å². The van der Waals surface area contributed by atoms with Gasteiger partial charge in [-0.25, -0.2) is 23.6 Å². The van der Waals surface area contributed by atoms with E-state index in [0.29, 0.717) is 5.56 Å². The van der Waals surface area contributed by atoms with Crippen molar-refractivity contribution < 1.29 is 36.6 Å². The SMILES string of the molecule is O=C(O)c1cc(C2CC2)c(OCC2(F)CCN(N3CC(Cl)CCC3C(F)(F)F)CC2)cc1F. The number of rotatable bonds is 6. The molecule has 3 fully saturated rings. The first-order valence-electron chi connectivity index (χ1n) is 11.1. The summed E-state index contributed by atoms with van der Waals surface area (Å²) in [5.41, 5.74) is -1.70. The largest absolute Gasteiger partial charge is 0.490 e. The lowest BCUT2D eigenvalue weighted by Gasteiger charge is -2.48. The number of aromatic carboxylic acids is 1. The average molecular weight is 497 g/mol. The van der Waals surface area contributed by atoms with Gasteiger partial charge in [0, 0.05) is 31.1 Å². The Morgan fingerprint density at radius 1 is 1.18 bits per heavy atom. The zero-order valence-corrected chi connectivity index (χ0v) is 18.6. The molecule has 2 saturated heterocycles. The molecule has 0 radical (unpaired) electrons. The third-order valence-corrected chi connectivity index (χ3v) is 7.06. The van der Waals surface area contributed by atoms with Gasteiger partial charge < -0.3 is 9.84 Å². The summed E-state index contributed by atoms with van der Waals surface area (Å²) in [7, 11) is 0. The summed E-state index contributed by atoms with van der Waals surface area (Å²) in [4.78, 5) is 11.2. The van der Waals surface area contributed by atoms with Gasteiger partial charge in [-0.1, -0.05) is 0 Å². The standard InChI is InChI=1S/C22H26ClF5N2O3/c23-14-3-4-19(22(26,27)28)30(11-14)29-7-5-21(25,6-8-29)12-33-18-10-17(24)16(20(31)32)9-15(18)13-1-2-13/h9-10,13-14,19H,1-8,11-12H2,(H,31,32). The van der Waals surface area contributed by atoms with Crippen molar-refractivity contribution in [3.05, 3.63) is 29.1 Å². The molecule has 0 spiro atoms. The molecule has 184 valence electrons. The van der Waals surface area contributed by atoms with Gasteiger partial charge in [0.05, 0.1) is 5.56 Å². The number of hydrazine groups is 1. The third kappa shape index (κ3) is 5.54. The van der Waals surface area contributed by atoms with Crippen LogP contribution in [0.2, 0.25) is 0 Å². The number of carboxylic acid groups (broad SMARTS) is 1. The lowest BCUT2D eigenvalue weighted by Crippen LogP contribution is -2.61. The second-order valence-corrected chi connectivity index (χ2v) is 9.81. The quantitative estimate of drug-likeness (QED) is 0.437. The molecule has 1 aromatic rings. The topological polar surface area (TPSA) is 53.0 Å². The maximum atomic E-state index is 15.5. The monoisotopic (exact) mass is 496 g/mol. The number of ether oxygens (including phenoxy) is 1. The van der Waals surface area contributed by atoms with E-state index >= 15 is 4.39 Å². The molecule has 33 heavy (non-hydrogen) atoms. The van der Waals surface area contributed by atoms with Crippen LogP contribution in [-0.2, 0) is 0 Å². The first kappa shape index (κ1) is 24.5. The highest BCUT2D eigenvalue weighted by Gasteiger charge is 2.49. The van der Waals surface area contributed by atoms with Crippen LogP contribution in [0.1, 0.15) is 60.4 Å². The van der Waals surface area contributed by atoms with Crippen molar-refractivity contribution in [2.24, 2.45) is 0 Å². The number of nitrogens with zero attached hydrogens (tertiary/aromatic N) is 2. The number of carboxylic acids is 1. The van der Waals surface area contributed by atoms with Crippen LogP contribution in [0, 0.1) is 5.82 Å². The van der Waals surface area contributed by atoms with E-state index in [4.69, 9.17) is 21.4 Å². The van der Waals surface area contributed by atoms with Crippen LogP contribution in [0.15, 0.2) is 12.1 Å². The molecule has 1 saturated carbocycles. The van der Waals surface area contributed by atoms with Crippen LogP contribution < -0.4 is 4.74 Å². The molecule has 1 aromatic carbocycles. The predicted octanol–water partition coefficient (Wildman–Crippen LogP) is 5.13. The fourth-order valence-corrected chi connectivity index (χ4v) is 4.90. The van der Waals surface area contributed by atoms with E-state index in [1.54, 1.807) is 0 Å². The van der Waals surface area contributed by atoms with Gasteiger partial charge in [-0.2, -0.15) is 13.2 Å². The Morgan fingerprint density at radius 2 is 1.85 bits per heavy atom. The number of carbonyl (C=O) groups is 1. The van der Waals surface area contributed by atoms with Gasteiger partial charge in [-0.3, -0.25) is 0 Å². The fourth-order valence-electron chi connectivity index (χ4n) is 4.63. The summed E-state index contributed by atoms with van der Waals surface area (Å²) in [5, 5.41) is 11.5. The molecule has 2 aliphatic heterocycles. The molecule has 11 heteroatoms. The van der Waals surface area contributed by atoms with Gasteiger partial charge in [0.25, 0.3) is 0 Å². The van der Waals surface area contributed by atoms with Gasteiger partial charge in [0.1, 0.15) is 29.9 Å². The first-order valence-corrected chi connectivity index (χ1v) is 11.5. The van der Waals surface area contributed by atoms with Gasteiger partial charge >= 0.3 is 12.1 Å². The molecule has 2 unspecified atom stereocenters. The van der Waals surface area contributed by atoms with E-state index in [9.17, 15) is 22.4 Å². The average Bonchev–Trinajstić information content (AvgIpc) is 3.57. The van der Waals surface area contributed by atoms with Crippen LogP contribution >= 0.6 is 11.6 Å². The number of benzene rings is 1. The van der Waals surface area contributed by atoms with Crippen LogP contribution in [0.5, 0.6) is 5.75 Å². The molecule has 0 amide bonds. The number of hydrogen-bond acceptors (Lipinski definition) is 4. The highest BCUT2D eigenvalue weighted by Crippen LogP contribution is 2.45. The Hall–Kier alpha value is -1.65. The summed E-state index contributed by atoms with van der Waals surface area (Å²) in [6.07, 6.45) is -2.68. The normalized spacial score (nSPS) is 26.8. The predicted molar refractivity (Wildman–Crippen MR) is 111 cm³/mol. The molecule has 3 aliphatic rings. The molecule has 0 bridgehead atoms. The van der Waals surface area contributed by atoms with Crippen molar-refractivity contribution in [3.63, 3.8) is 0 Å². The molecule has 2 heterocycles. The van der Waals surface area contributed by atoms with Crippen molar-refractivity contribution >= 4 is 17.6 Å². The molecule has 1 aliphatic carbocycles. The Balaban J connectivity index is 1.40. The lowest BCUT2D eigenvalue weighted by atomic mass is 9.94. The maximum Gasteiger partial charge on any atom is 0.405 e. The highest BCUT2D eigenvalue weighted by molar-refractivity contribution is 6.20. The molecule has 4 rings (SSSR count). The number of hydrogen-bond donors (Lipinski definition) is 1. The van der Waals surface area contributed by atoms with Gasteiger partial charge in [0.15, 0.2) is 0 Å². The van der Waals surface area contributed by atoms with E-state index in [-0.39, 0.29) is 63.6 Å². The fraction of sp³-hybridized carbons (Fsp3) is 0.682. The van der Waals surface area contributed by atoms with Crippen molar-refractivity contribution in [2.45, 2.75) is 67.7 Å². The summed E-state index contributed by atoms with van der Waals surface area (Å²) in [6.45, 7) is -0.162. The molecular weight excluding hydrogens is 471 g/mol. The van der Waals surface area contributed by atoms with Crippen LogP contribution in [0.4, 0.5) is 22.0 Å². The van der Waals surface area contributed by atoms with E-state index in [2.05, 4.69) is 0 Å². The summed E-state index contributed by atoms with van der Waals surface area (Å²) in [6, 6.07) is 0.597. The molecule has 1 N–H and O–H groups in total. The molecular formula is C22H26ClF5N2O3. The summed E-state index contributed by atoms with van der Waals surface area (Å²) >= 11 is 6.11. The molecule has 5 nitrogen and oxygen atoms in total. The Morgan fingerprint density at radius 3 is 2.42 bits per heavy atom. The minimum absolute atomic E-state index is 0.0461. The minimum atomic E-state index is -4.39. The van der Waals surface area contributed by atoms with Crippen molar-refractivity contribution in [3.8, 4) is 5.75 Å². The van der Waals surface area contributed by atoms with Gasteiger partial charge in [-0.15, -0.1) is 11.6 Å². The summed E-state index contributed by atoms with van der Waals surface area (Å²) in [5.74, 6) is -2.16. The van der Waals surface area contributed by atoms with Gasteiger partial charge in [0.2, 0.25) is 0 Å². The van der Waals surface area contributed by atoms with E-state index in [1.807, 2.05) is 0 Å². The van der Waals surface area contributed by atoms with E-state index in [0.717, 1.165) is 18.9 Å². The Bertz CT molecular complexity index is 888.